The van der Waals surface area contributed by atoms with Gasteiger partial charge >= 0.3 is 183 Å². The molecule has 4 heterocycles. The van der Waals surface area contributed by atoms with E-state index in [4.69, 9.17) is 13.5 Å². The molecule has 0 atom stereocenters. The van der Waals surface area contributed by atoms with Gasteiger partial charge in [-0.05, 0) is 0 Å². The Morgan fingerprint density at radius 2 is 1.66 bits per heavy atom. The molecule has 7 rings (SSSR count). The van der Waals surface area contributed by atoms with Crippen LogP contribution in [0.4, 0.5) is 0 Å². The Morgan fingerprint density at radius 1 is 0.886 bits per heavy atom. The van der Waals surface area contributed by atoms with Crippen LogP contribution in [0.15, 0.2) is 95.5 Å². The molecule has 222 valence electrons. The molecule has 0 saturated carbocycles. The van der Waals surface area contributed by atoms with Crippen molar-refractivity contribution in [3.8, 4) is 16.9 Å². The maximum Gasteiger partial charge on any atom is 3.00 e. The second kappa shape index (κ2) is 12.4. The number of fused-ring (bicyclic) bond motifs is 4. The molecule has 3 aromatic carbocycles. The molecular formula is C37H36GeIrN4O+. The summed E-state index contributed by atoms with van der Waals surface area (Å²) in [5.41, 5.74) is 6.89. The average Bonchev–Trinajstić information content (AvgIpc) is 3.60. The maximum atomic E-state index is 7.57. The van der Waals surface area contributed by atoms with E-state index in [9.17, 15) is 0 Å². The van der Waals surface area contributed by atoms with Gasteiger partial charge < -0.3 is 9.13 Å². The Kier molecular flexibility index (Phi) is 7.89. The van der Waals surface area contributed by atoms with Crippen molar-refractivity contribution in [1.29, 1.82) is 0 Å². The second-order valence-corrected chi connectivity index (χ2v) is 23.1. The van der Waals surface area contributed by atoms with Crippen molar-refractivity contribution >= 4 is 50.8 Å². The molecule has 0 N–H and O–H groups in total. The second-order valence-electron chi connectivity index (χ2n) is 12.7. The van der Waals surface area contributed by atoms with Gasteiger partial charge in [-0.25, -0.2) is 0 Å². The van der Waals surface area contributed by atoms with Crippen LogP contribution < -0.4 is 9.09 Å². The van der Waals surface area contributed by atoms with Crippen molar-refractivity contribution < 1.29 is 33.2 Å². The van der Waals surface area contributed by atoms with Gasteiger partial charge in [-0.2, -0.15) is 30.3 Å². The van der Waals surface area contributed by atoms with Crippen molar-refractivity contribution in [2.75, 3.05) is 0 Å². The first-order chi connectivity index (χ1) is 21.7. The molecule has 5 nitrogen and oxygen atoms in total. The summed E-state index contributed by atoms with van der Waals surface area (Å²) in [6.07, 6.45) is 4.69. The van der Waals surface area contributed by atoms with Gasteiger partial charge in [0.15, 0.2) is 0 Å². The summed E-state index contributed by atoms with van der Waals surface area (Å²) < 4.78 is 33.3. The number of benzene rings is 3. The van der Waals surface area contributed by atoms with Gasteiger partial charge in [-0.15, -0.1) is 0 Å². The van der Waals surface area contributed by atoms with Crippen LogP contribution in [0.3, 0.4) is 0 Å². The standard InChI is InChI=1S/C23H25GeN2O.C14H11N2.Ir/c1-23(2,3)19-14-17-15-10-9-11-16(18-12-7-8-13-25-18)20(15)27-21(17)22(26-19)24(4,5)6;1-15-11-16(12-7-3-2-4-8-12)14-10-6-5-9-13(14)15;/h7-10,12-14H,1-6H3;2-7,9-10H,1H3;/q2*-1;+3/i;1D3;. The first kappa shape index (κ1) is 27.9. The van der Waals surface area contributed by atoms with Crippen molar-refractivity contribution in [3.63, 3.8) is 0 Å². The Bertz CT molecular complexity index is 2160. The van der Waals surface area contributed by atoms with Gasteiger partial charge in [0.05, 0.1) is 22.1 Å². The number of rotatable bonds is 3. The maximum absolute atomic E-state index is 7.57. The molecule has 0 bridgehead atoms. The molecule has 44 heavy (non-hydrogen) atoms. The first-order valence-electron chi connectivity index (χ1n) is 15.9. The number of nitrogens with zero attached hydrogens (tertiary/aromatic N) is 4. The topological polar surface area (TPSA) is 47.7 Å². The van der Waals surface area contributed by atoms with E-state index in [2.05, 4.69) is 73.6 Å². The molecule has 0 unspecified atom stereocenters. The summed E-state index contributed by atoms with van der Waals surface area (Å²) in [6.45, 7) is 4.40. The summed E-state index contributed by atoms with van der Waals surface area (Å²) in [5.74, 6) is 7.10. The Hall–Kier alpha value is -3.58. The smallest absolute Gasteiger partial charge is 0.342 e. The molecule has 0 radical (unpaired) electrons. The fourth-order valence-electron chi connectivity index (χ4n) is 5.09. The fraction of sp³-hybridized carbons (Fsp3) is 0.216. The van der Waals surface area contributed by atoms with Gasteiger partial charge in [-0.3, -0.25) is 0 Å². The minimum atomic E-state index is -2.25. The van der Waals surface area contributed by atoms with Crippen LogP contribution in [-0.4, -0.2) is 27.8 Å². The minimum Gasteiger partial charge on any atom is -0.342 e. The summed E-state index contributed by atoms with van der Waals surface area (Å²) in [4.78, 5) is 9.61. The van der Waals surface area contributed by atoms with E-state index in [-0.39, 0.29) is 25.5 Å². The molecule has 4 aromatic heterocycles. The van der Waals surface area contributed by atoms with E-state index in [1.165, 1.54) is 9.09 Å². The van der Waals surface area contributed by atoms with Crippen LogP contribution >= 0.6 is 0 Å². The number of aromatic nitrogens is 4. The number of para-hydroxylation sites is 3. The van der Waals surface area contributed by atoms with Crippen molar-refractivity contribution in [1.82, 2.24) is 14.5 Å². The van der Waals surface area contributed by atoms with Crippen LogP contribution in [0.2, 0.25) is 17.3 Å². The molecule has 0 fully saturated rings. The minimum absolute atomic E-state index is 0. The quantitative estimate of drug-likeness (QED) is 0.104. The molecule has 0 aliphatic carbocycles. The fourth-order valence-corrected chi connectivity index (χ4v) is 7.87. The van der Waals surface area contributed by atoms with Gasteiger partial charge in [-0.1, -0.05) is 30.0 Å². The molecule has 0 aliphatic heterocycles. The summed E-state index contributed by atoms with van der Waals surface area (Å²) in [7, 11) is 0. The van der Waals surface area contributed by atoms with Gasteiger partial charge in [0, 0.05) is 0 Å². The molecule has 7 aromatic rings. The van der Waals surface area contributed by atoms with E-state index < -0.39 is 20.2 Å². The van der Waals surface area contributed by atoms with Crippen LogP contribution in [0.1, 0.15) is 30.6 Å². The zero-order chi connectivity index (χ0) is 32.9. The Morgan fingerprint density at radius 3 is 2.34 bits per heavy atom. The van der Waals surface area contributed by atoms with Gasteiger partial charge in [0.1, 0.15) is 0 Å². The Balaban J connectivity index is 0.000000191. The predicted octanol–water partition coefficient (Wildman–Crippen LogP) is 7.74. The van der Waals surface area contributed by atoms with E-state index in [0.717, 1.165) is 50.1 Å². The summed E-state index contributed by atoms with van der Waals surface area (Å²) in [5, 5.41) is 2.27. The van der Waals surface area contributed by atoms with E-state index >= 15 is 0 Å². The average molecular weight is 821 g/mol. The van der Waals surface area contributed by atoms with Crippen molar-refractivity contribution in [2.24, 2.45) is 6.98 Å². The SMILES string of the molecule is CC(C)(C)c1cc2c(oc3c(-c4ccccn4)[c-]ccc32)[c]([Ge]([CH3])([CH3])[CH3])n1.[2H]C([2H])([2H])[n+]1[c-]n(-c2[c-]cccc2)c2ccccc21.[Ir+3]. The number of aryl methyl sites for hydroxylation is 1. The van der Waals surface area contributed by atoms with Crippen molar-refractivity contribution in [3.05, 3.63) is 115 Å². The van der Waals surface area contributed by atoms with Crippen LogP contribution in [0, 0.1) is 18.5 Å². The third-order valence-electron chi connectivity index (χ3n) is 7.31. The number of furan rings is 1. The normalized spacial score (nSPS) is 13.1. The predicted molar refractivity (Wildman–Crippen MR) is 177 cm³/mol. The molecule has 0 saturated heterocycles. The summed E-state index contributed by atoms with van der Waals surface area (Å²) in [6, 6.07) is 33.3. The summed E-state index contributed by atoms with van der Waals surface area (Å²) >= 11 is -2.25. The van der Waals surface area contributed by atoms with Crippen LogP contribution in [0.5, 0.6) is 0 Å². The third kappa shape index (κ3) is 6.17. The van der Waals surface area contributed by atoms with Crippen LogP contribution in [-0.2, 0) is 32.5 Å². The molecule has 7 heteroatoms. The first-order valence-corrected chi connectivity index (χ1v) is 21.7. The van der Waals surface area contributed by atoms with E-state index in [0.29, 0.717) is 5.52 Å². The van der Waals surface area contributed by atoms with E-state index in [1.807, 2.05) is 60.7 Å². The number of pyridine rings is 2. The zero-order valence-corrected chi connectivity index (χ0v) is 30.2. The van der Waals surface area contributed by atoms with E-state index in [1.54, 1.807) is 22.9 Å². The van der Waals surface area contributed by atoms with Gasteiger partial charge in [0.25, 0.3) is 0 Å². The zero-order valence-electron chi connectivity index (χ0n) is 28.7. The molecule has 0 amide bonds. The largest absolute Gasteiger partial charge is 3.00 e. The number of hydrogen-bond acceptors (Lipinski definition) is 3. The third-order valence-corrected chi connectivity index (χ3v) is 11.0. The number of hydrogen-bond donors (Lipinski definition) is 0. The number of imidazole rings is 1. The van der Waals surface area contributed by atoms with Gasteiger partial charge in [0.2, 0.25) is 6.33 Å². The molecule has 0 spiro atoms. The van der Waals surface area contributed by atoms with Crippen LogP contribution in [0.25, 0.3) is 49.9 Å². The Labute approximate surface area is 279 Å². The molecule has 0 aliphatic rings. The monoisotopic (exact) mass is 822 g/mol. The molecular weight excluding hydrogens is 781 g/mol. The van der Waals surface area contributed by atoms with Crippen molar-refractivity contribution in [2.45, 2.75) is 43.5 Å².